The molecule has 0 atom stereocenters. The summed E-state index contributed by atoms with van der Waals surface area (Å²) in [6.07, 6.45) is 4.92. The Bertz CT molecular complexity index is 642. The summed E-state index contributed by atoms with van der Waals surface area (Å²) in [5, 5.41) is 4.59. The molecule has 0 aromatic carbocycles. The van der Waals surface area contributed by atoms with Crippen molar-refractivity contribution in [2.45, 2.75) is 33.2 Å². The van der Waals surface area contributed by atoms with Gasteiger partial charge in [-0.15, -0.1) is 0 Å². The number of nitrogens with zero attached hydrogens (tertiary/aromatic N) is 2. The summed E-state index contributed by atoms with van der Waals surface area (Å²) in [6, 6.07) is 0. The second kappa shape index (κ2) is 5.69. The van der Waals surface area contributed by atoms with Crippen molar-refractivity contribution in [3.05, 3.63) is 28.2 Å². The molecule has 1 N–H and O–H groups in total. The summed E-state index contributed by atoms with van der Waals surface area (Å²) < 4.78 is 6.59. The third kappa shape index (κ3) is 2.52. The molecule has 0 aliphatic rings. The fraction of sp³-hybridized carbons (Fsp3) is 0.462. The van der Waals surface area contributed by atoms with Crippen LogP contribution in [0.1, 0.15) is 37.0 Å². The number of unbranched alkanes of at least 4 members (excludes halogenated alkanes) is 1. The Balaban J connectivity index is 2.43. The zero-order valence-electron chi connectivity index (χ0n) is 11.1. The van der Waals surface area contributed by atoms with E-state index in [1.807, 2.05) is 0 Å². The van der Waals surface area contributed by atoms with Crippen molar-refractivity contribution in [2.75, 3.05) is 6.61 Å². The van der Waals surface area contributed by atoms with Crippen LogP contribution in [0.25, 0.3) is 11.0 Å². The molecule has 0 unspecified atom stereocenters. The number of aryl methyl sites for hydroxylation is 1. The summed E-state index contributed by atoms with van der Waals surface area (Å²) >= 11 is 0. The normalized spacial score (nSPS) is 10.8. The molecule has 0 spiro atoms. The van der Waals surface area contributed by atoms with Crippen LogP contribution >= 0.6 is 0 Å². The highest BCUT2D eigenvalue weighted by Crippen LogP contribution is 2.09. The van der Waals surface area contributed by atoms with Gasteiger partial charge in [-0.2, -0.15) is 5.10 Å². The summed E-state index contributed by atoms with van der Waals surface area (Å²) in [5.41, 5.74) is 0.325. The molecule has 102 valence electrons. The number of nitrogens with one attached hydrogen (secondary N) is 1. The quantitative estimate of drug-likeness (QED) is 0.833. The van der Waals surface area contributed by atoms with Gasteiger partial charge in [-0.05, 0) is 13.3 Å². The van der Waals surface area contributed by atoms with Crippen molar-refractivity contribution in [3.63, 3.8) is 0 Å². The topological polar surface area (TPSA) is 77.0 Å². The molecule has 2 aromatic heterocycles. The predicted molar refractivity (Wildman–Crippen MR) is 71.2 cm³/mol. The number of rotatable bonds is 5. The Kier molecular flexibility index (Phi) is 3.99. The first-order chi connectivity index (χ1) is 9.19. The molecule has 0 fully saturated rings. The molecular formula is C13H17N3O3. The van der Waals surface area contributed by atoms with E-state index in [0.29, 0.717) is 11.0 Å². The van der Waals surface area contributed by atoms with Gasteiger partial charge >= 0.3 is 5.97 Å². The zero-order chi connectivity index (χ0) is 13.8. The van der Waals surface area contributed by atoms with Crippen molar-refractivity contribution in [2.24, 2.45) is 0 Å². The van der Waals surface area contributed by atoms with Crippen LogP contribution in [-0.2, 0) is 11.3 Å². The number of ether oxygens (including phenoxy) is 1. The number of pyridine rings is 1. The molecular weight excluding hydrogens is 246 g/mol. The van der Waals surface area contributed by atoms with E-state index in [1.165, 1.54) is 12.4 Å². The van der Waals surface area contributed by atoms with E-state index in [1.54, 1.807) is 11.6 Å². The first-order valence-electron chi connectivity index (χ1n) is 6.43. The number of fused-ring (bicyclic) bond motifs is 1. The molecule has 0 aliphatic carbocycles. The lowest BCUT2D eigenvalue weighted by Gasteiger charge is -2.03. The second-order valence-corrected chi connectivity index (χ2v) is 4.24. The van der Waals surface area contributed by atoms with Gasteiger partial charge in [0.1, 0.15) is 11.2 Å². The Labute approximate surface area is 110 Å². The van der Waals surface area contributed by atoms with E-state index < -0.39 is 5.97 Å². The number of esters is 1. The van der Waals surface area contributed by atoms with Crippen molar-refractivity contribution in [3.8, 4) is 0 Å². The number of aromatic amines is 1. The van der Waals surface area contributed by atoms with Gasteiger partial charge in [0.05, 0.1) is 18.2 Å². The molecule has 6 heteroatoms. The largest absolute Gasteiger partial charge is 0.462 e. The Morgan fingerprint density at radius 2 is 2.26 bits per heavy atom. The van der Waals surface area contributed by atoms with Crippen LogP contribution in [0.2, 0.25) is 0 Å². The van der Waals surface area contributed by atoms with Gasteiger partial charge in [-0.3, -0.25) is 4.79 Å². The lowest BCUT2D eigenvalue weighted by Crippen LogP contribution is -2.18. The van der Waals surface area contributed by atoms with Gasteiger partial charge < -0.3 is 9.72 Å². The number of carbonyl (C=O) groups is 1. The average Bonchev–Trinajstić information content (AvgIpc) is 2.81. The minimum absolute atomic E-state index is 0.0180. The average molecular weight is 263 g/mol. The highest BCUT2D eigenvalue weighted by Gasteiger charge is 2.16. The predicted octanol–water partition coefficient (Wildman–Crippen LogP) is 1.70. The lowest BCUT2D eigenvalue weighted by molar-refractivity contribution is 0.0524. The Morgan fingerprint density at radius 1 is 1.47 bits per heavy atom. The highest BCUT2D eigenvalue weighted by atomic mass is 16.5. The van der Waals surface area contributed by atoms with E-state index in [0.717, 1.165) is 19.4 Å². The van der Waals surface area contributed by atoms with Crippen molar-refractivity contribution < 1.29 is 9.53 Å². The highest BCUT2D eigenvalue weighted by molar-refractivity contribution is 5.92. The van der Waals surface area contributed by atoms with E-state index in [9.17, 15) is 9.59 Å². The lowest BCUT2D eigenvalue weighted by atomic mass is 10.2. The molecule has 2 heterocycles. The second-order valence-electron chi connectivity index (χ2n) is 4.24. The maximum absolute atomic E-state index is 12.2. The van der Waals surface area contributed by atoms with E-state index >= 15 is 0 Å². The van der Waals surface area contributed by atoms with Gasteiger partial charge in [-0.25, -0.2) is 9.48 Å². The van der Waals surface area contributed by atoms with Gasteiger partial charge in [0.25, 0.3) is 0 Å². The van der Waals surface area contributed by atoms with Crippen LogP contribution in [0.4, 0.5) is 0 Å². The maximum Gasteiger partial charge on any atom is 0.343 e. The smallest absolute Gasteiger partial charge is 0.343 e. The van der Waals surface area contributed by atoms with Crippen molar-refractivity contribution >= 4 is 17.0 Å². The number of hydrogen-bond donors (Lipinski definition) is 1. The number of H-pyrrole nitrogens is 1. The first kappa shape index (κ1) is 13.3. The monoisotopic (exact) mass is 263 g/mol. The Morgan fingerprint density at radius 3 is 2.95 bits per heavy atom. The summed E-state index contributed by atoms with van der Waals surface area (Å²) in [5.74, 6) is -0.605. The molecule has 0 saturated carbocycles. The fourth-order valence-electron chi connectivity index (χ4n) is 1.89. The number of carbonyl (C=O) groups excluding carboxylic acids is 1. The van der Waals surface area contributed by atoms with Gasteiger partial charge in [0.2, 0.25) is 5.43 Å². The summed E-state index contributed by atoms with van der Waals surface area (Å²) in [7, 11) is 0. The molecule has 2 rings (SSSR count). The number of aromatic nitrogens is 3. The van der Waals surface area contributed by atoms with Gasteiger partial charge in [0, 0.05) is 12.7 Å². The third-order valence-electron chi connectivity index (χ3n) is 2.90. The molecule has 19 heavy (non-hydrogen) atoms. The van der Waals surface area contributed by atoms with Crippen LogP contribution in [-0.4, -0.2) is 27.3 Å². The zero-order valence-corrected chi connectivity index (χ0v) is 11.1. The SMILES string of the molecule is CCCCn1ncc2c(=O)c(C(=O)OCC)c[nH]c21. The molecule has 6 nitrogen and oxygen atoms in total. The van der Waals surface area contributed by atoms with Crippen molar-refractivity contribution in [1.82, 2.24) is 14.8 Å². The van der Waals surface area contributed by atoms with Crippen LogP contribution in [0.5, 0.6) is 0 Å². The molecule has 0 aliphatic heterocycles. The summed E-state index contributed by atoms with van der Waals surface area (Å²) in [4.78, 5) is 26.7. The molecule has 0 saturated heterocycles. The first-order valence-corrected chi connectivity index (χ1v) is 6.43. The molecule has 2 aromatic rings. The third-order valence-corrected chi connectivity index (χ3v) is 2.90. The number of hydrogen-bond acceptors (Lipinski definition) is 4. The minimum Gasteiger partial charge on any atom is -0.462 e. The van der Waals surface area contributed by atoms with E-state index in [-0.39, 0.29) is 17.6 Å². The molecule has 0 radical (unpaired) electrons. The standard InChI is InChI=1S/C13H17N3O3/c1-3-5-6-16-12-9(8-15-16)11(17)10(7-14-12)13(18)19-4-2/h7-8H,3-6H2,1-2H3,(H,14,17). The van der Waals surface area contributed by atoms with E-state index in [4.69, 9.17) is 4.74 Å². The van der Waals surface area contributed by atoms with Gasteiger partial charge in [-0.1, -0.05) is 13.3 Å². The maximum atomic E-state index is 12.2. The van der Waals surface area contributed by atoms with Gasteiger partial charge in [0.15, 0.2) is 0 Å². The molecule has 0 amide bonds. The van der Waals surface area contributed by atoms with Crippen LogP contribution < -0.4 is 5.43 Å². The van der Waals surface area contributed by atoms with E-state index in [2.05, 4.69) is 17.0 Å². The fourth-order valence-corrected chi connectivity index (χ4v) is 1.89. The van der Waals surface area contributed by atoms with Crippen LogP contribution in [0.15, 0.2) is 17.2 Å². The Hall–Kier alpha value is -2.11. The summed E-state index contributed by atoms with van der Waals surface area (Å²) in [6.45, 7) is 4.78. The van der Waals surface area contributed by atoms with Crippen LogP contribution in [0, 0.1) is 0 Å². The van der Waals surface area contributed by atoms with Crippen LogP contribution in [0.3, 0.4) is 0 Å². The molecule has 0 bridgehead atoms. The minimum atomic E-state index is -0.605. The van der Waals surface area contributed by atoms with Crippen molar-refractivity contribution in [1.29, 1.82) is 0 Å².